The summed E-state index contributed by atoms with van der Waals surface area (Å²) < 4.78 is 10.1. The third-order valence-corrected chi connectivity index (χ3v) is 9.67. The number of aliphatic hydroxyl groups excluding tert-OH is 1. The highest BCUT2D eigenvalue weighted by molar-refractivity contribution is 8.02. The second kappa shape index (κ2) is 10.6. The summed E-state index contributed by atoms with van der Waals surface area (Å²) in [5.74, 6) is -1.82. The smallest absolute Gasteiger partial charge is 0.310 e. The van der Waals surface area contributed by atoms with Crippen LogP contribution < -0.4 is 0 Å². The Hall–Kier alpha value is -1.62. The van der Waals surface area contributed by atoms with Crippen LogP contribution >= 0.6 is 11.8 Å². The van der Waals surface area contributed by atoms with Gasteiger partial charge in [0.2, 0.25) is 11.8 Å². The van der Waals surface area contributed by atoms with Crippen LogP contribution in [0.5, 0.6) is 0 Å². The summed E-state index contributed by atoms with van der Waals surface area (Å²) >= 11 is 1.62. The molecule has 34 heavy (non-hydrogen) atoms. The zero-order chi connectivity index (χ0) is 24.5. The normalized spacial score (nSPS) is 33.6. The number of hydrogen-bond donors (Lipinski definition) is 1. The van der Waals surface area contributed by atoms with Crippen molar-refractivity contribution in [2.24, 2.45) is 11.8 Å². The second-order valence-electron chi connectivity index (χ2n) is 9.61. The van der Waals surface area contributed by atoms with Crippen LogP contribution in [0, 0.1) is 11.8 Å². The first-order valence-electron chi connectivity index (χ1n) is 12.4. The van der Waals surface area contributed by atoms with Crippen molar-refractivity contribution < 1.29 is 29.0 Å². The first kappa shape index (κ1) is 25.5. The van der Waals surface area contributed by atoms with Crippen molar-refractivity contribution in [3.8, 4) is 0 Å². The van der Waals surface area contributed by atoms with Crippen LogP contribution in [0.4, 0.5) is 0 Å². The lowest BCUT2D eigenvalue weighted by Crippen LogP contribution is -2.57. The van der Waals surface area contributed by atoms with Gasteiger partial charge in [-0.2, -0.15) is 0 Å². The maximum absolute atomic E-state index is 14.1. The average Bonchev–Trinajstić information content (AvgIpc) is 3.49. The van der Waals surface area contributed by atoms with Gasteiger partial charge in [-0.1, -0.05) is 6.08 Å². The van der Waals surface area contributed by atoms with E-state index in [0.717, 1.165) is 26.1 Å². The third kappa shape index (κ3) is 4.27. The highest BCUT2D eigenvalue weighted by atomic mass is 32.2. The fraction of sp³-hybridized carbons (Fsp3) is 0.792. The Balaban J connectivity index is 1.63. The fourth-order valence-electron chi connectivity index (χ4n) is 6.15. The Labute approximate surface area is 205 Å². The van der Waals surface area contributed by atoms with Gasteiger partial charge in [0.05, 0.1) is 49.1 Å². The van der Waals surface area contributed by atoms with E-state index in [1.54, 1.807) is 41.5 Å². The van der Waals surface area contributed by atoms with E-state index in [9.17, 15) is 19.5 Å². The lowest BCUT2D eigenvalue weighted by Gasteiger charge is -2.39. The van der Waals surface area contributed by atoms with E-state index >= 15 is 0 Å². The van der Waals surface area contributed by atoms with Crippen LogP contribution in [0.15, 0.2) is 12.7 Å². The molecule has 4 aliphatic rings. The van der Waals surface area contributed by atoms with E-state index in [1.165, 1.54) is 0 Å². The SMILES string of the molecule is C=CCN(CCN1CCOCC1)C(=O)C1N([C@H](C)CO)C(=O)[C@@H]2[C@@H](C(=O)OCC)[C@H]3CCC12S3. The molecule has 4 rings (SSSR count). The van der Waals surface area contributed by atoms with Crippen LogP contribution in [-0.2, 0) is 23.9 Å². The molecule has 4 aliphatic heterocycles. The van der Waals surface area contributed by atoms with Crippen molar-refractivity contribution in [2.45, 2.75) is 48.8 Å². The summed E-state index contributed by atoms with van der Waals surface area (Å²) in [4.78, 5) is 46.4. The number of ether oxygens (including phenoxy) is 2. The van der Waals surface area contributed by atoms with Gasteiger partial charge in [-0.3, -0.25) is 19.3 Å². The van der Waals surface area contributed by atoms with Crippen molar-refractivity contribution in [3.05, 3.63) is 12.7 Å². The van der Waals surface area contributed by atoms with E-state index < -0.39 is 28.7 Å². The molecule has 4 saturated heterocycles. The maximum atomic E-state index is 14.1. The lowest BCUT2D eigenvalue weighted by atomic mass is 9.71. The molecule has 6 atom stereocenters. The van der Waals surface area contributed by atoms with Gasteiger partial charge in [-0.25, -0.2) is 0 Å². The molecular formula is C24H37N3O6S. The maximum Gasteiger partial charge on any atom is 0.310 e. The molecule has 9 nitrogen and oxygen atoms in total. The number of carbonyl (C=O) groups excluding carboxylic acids is 3. The highest BCUT2D eigenvalue weighted by Gasteiger charge is 2.74. The largest absolute Gasteiger partial charge is 0.466 e. The Morgan fingerprint density at radius 1 is 1.41 bits per heavy atom. The number of nitrogens with zero attached hydrogens (tertiary/aromatic N) is 3. The van der Waals surface area contributed by atoms with Crippen LogP contribution in [-0.4, -0.2) is 119 Å². The number of likely N-dealkylation sites (tertiary alicyclic amines) is 1. The lowest BCUT2D eigenvalue weighted by molar-refractivity contribution is -0.154. The molecule has 0 aromatic heterocycles. The predicted molar refractivity (Wildman–Crippen MR) is 128 cm³/mol. The minimum atomic E-state index is -0.716. The number of amides is 2. The summed E-state index contributed by atoms with van der Waals surface area (Å²) in [6.45, 7) is 12.0. The number of carbonyl (C=O) groups is 3. The molecule has 190 valence electrons. The number of aliphatic hydroxyl groups is 1. The molecule has 1 N–H and O–H groups in total. The Morgan fingerprint density at radius 3 is 2.79 bits per heavy atom. The zero-order valence-electron chi connectivity index (χ0n) is 20.2. The summed E-state index contributed by atoms with van der Waals surface area (Å²) in [7, 11) is 0. The Bertz CT molecular complexity index is 806. The first-order valence-corrected chi connectivity index (χ1v) is 13.2. The van der Waals surface area contributed by atoms with Crippen LogP contribution in [0.1, 0.15) is 26.7 Å². The molecule has 10 heteroatoms. The van der Waals surface area contributed by atoms with Crippen molar-refractivity contribution in [2.75, 3.05) is 59.2 Å². The van der Waals surface area contributed by atoms with Crippen LogP contribution in [0.3, 0.4) is 0 Å². The van der Waals surface area contributed by atoms with Crippen molar-refractivity contribution in [1.29, 1.82) is 0 Å². The minimum absolute atomic E-state index is 0.0175. The van der Waals surface area contributed by atoms with E-state index in [2.05, 4.69) is 11.5 Å². The third-order valence-electron chi connectivity index (χ3n) is 7.72. The summed E-state index contributed by atoms with van der Waals surface area (Å²) in [6, 6.07) is -1.24. The monoisotopic (exact) mass is 495 g/mol. The van der Waals surface area contributed by atoms with Gasteiger partial charge >= 0.3 is 5.97 Å². The molecule has 2 amide bonds. The van der Waals surface area contributed by atoms with Gasteiger partial charge in [-0.15, -0.1) is 18.3 Å². The number of thioether (sulfide) groups is 1. The van der Waals surface area contributed by atoms with Gasteiger partial charge in [0.1, 0.15) is 6.04 Å². The molecule has 2 bridgehead atoms. The molecule has 2 unspecified atom stereocenters. The Morgan fingerprint density at radius 2 is 2.15 bits per heavy atom. The van der Waals surface area contributed by atoms with E-state index in [1.807, 2.05) is 0 Å². The van der Waals surface area contributed by atoms with Crippen molar-refractivity contribution >= 4 is 29.5 Å². The highest BCUT2D eigenvalue weighted by Crippen LogP contribution is 2.66. The molecule has 0 aliphatic carbocycles. The summed E-state index contributed by atoms with van der Waals surface area (Å²) in [6.07, 6.45) is 3.19. The molecule has 4 fully saturated rings. The van der Waals surface area contributed by atoms with Gasteiger partial charge in [0, 0.05) is 38.0 Å². The van der Waals surface area contributed by atoms with Gasteiger partial charge in [0.25, 0.3) is 0 Å². The van der Waals surface area contributed by atoms with Crippen LogP contribution in [0.2, 0.25) is 0 Å². The zero-order valence-corrected chi connectivity index (χ0v) is 21.0. The van der Waals surface area contributed by atoms with Gasteiger partial charge < -0.3 is 24.4 Å². The number of fused-ring (bicyclic) bond motifs is 1. The molecular weight excluding hydrogens is 458 g/mol. The number of rotatable bonds is 10. The van der Waals surface area contributed by atoms with Crippen molar-refractivity contribution in [3.63, 3.8) is 0 Å². The minimum Gasteiger partial charge on any atom is -0.466 e. The predicted octanol–water partition coefficient (Wildman–Crippen LogP) is 0.368. The number of hydrogen-bond acceptors (Lipinski definition) is 8. The second-order valence-corrected chi connectivity index (χ2v) is 11.2. The molecule has 0 aromatic carbocycles. The average molecular weight is 496 g/mol. The van der Waals surface area contributed by atoms with Crippen LogP contribution in [0.25, 0.3) is 0 Å². The first-order chi connectivity index (χ1) is 16.4. The fourth-order valence-corrected chi connectivity index (χ4v) is 8.33. The number of esters is 1. The molecule has 4 heterocycles. The van der Waals surface area contributed by atoms with E-state index in [0.29, 0.717) is 32.7 Å². The van der Waals surface area contributed by atoms with Gasteiger partial charge in [0.15, 0.2) is 0 Å². The quantitative estimate of drug-likeness (QED) is 0.343. The summed E-state index contributed by atoms with van der Waals surface area (Å²) in [5, 5.41) is 9.95. The number of morpholine rings is 1. The van der Waals surface area contributed by atoms with Crippen molar-refractivity contribution in [1.82, 2.24) is 14.7 Å². The molecule has 0 aromatic rings. The summed E-state index contributed by atoms with van der Waals surface area (Å²) in [5.41, 5.74) is 0. The standard InChI is InChI=1S/C24H37N3O6S/c1-4-8-26(10-9-25-11-13-32-14-12-25)22(30)20-24-7-6-17(34-24)18(23(31)33-5-2)19(24)21(29)27(20)16(3)15-28/h4,16-20,28H,1,5-15H2,2-3H3/t16-,17-,18+,19+,20?,24?/m1/s1. The molecule has 0 radical (unpaired) electrons. The molecule has 0 saturated carbocycles. The molecule has 1 spiro atoms. The van der Waals surface area contributed by atoms with E-state index in [4.69, 9.17) is 9.47 Å². The van der Waals surface area contributed by atoms with E-state index in [-0.39, 0.29) is 36.2 Å². The van der Waals surface area contributed by atoms with Gasteiger partial charge in [-0.05, 0) is 26.7 Å². The Kier molecular flexibility index (Phi) is 7.91. The topological polar surface area (TPSA) is 99.6 Å².